The molecule has 0 aliphatic carbocycles. The molecule has 53 heavy (non-hydrogen) atoms. The van der Waals surface area contributed by atoms with Crippen molar-refractivity contribution in [1.29, 1.82) is 0 Å². The Labute approximate surface area is 304 Å². The minimum atomic E-state index is -1.34. The summed E-state index contributed by atoms with van der Waals surface area (Å²) in [5, 5.41) is 30.3. The van der Waals surface area contributed by atoms with Crippen molar-refractivity contribution in [3.8, 4) is 0 Å². The average Bonchev–Trinajstić information content (AvgIpc) is 3.79. The molecule has 288 valence electrons. The largest absolute Gasteiger partial charge is 0.480 e. The first-order valence-electron chi connectivity index (χ1n) is 16.7. The zero-order valence-electron chi connectivity index (χ0n) is 29.0. The molecule has 2 aromatic heterocycles. The zero-order chi connectivity index (χ0) is 38.9. The van der Waals surface area contributed by atoms with Crippen LogP contribution in [0.15, 0.2) is 53.0 Å². The van der Waals surface area contributed by atoms with Gasteiger partial charge in [0.1, 0.15) is 30.2 Å². The van der Waals surface area contributed by atoms with E-state index in [9.17, 15) is 34.2 Å². The molecule has 5 atom stereocenters. The Hall–Kier alpha value is -6.22. The lowest BCUT2D eigenvalue weighted by atomic mass is 10.0. The molecule has 0 aliphatic rings. The number of hydrogen-bond donors (Lipinski definition) is 13. The van der Waals surface area contributed by atoms with Crippen LogP contribution in [0, 0.1) is 0 Å². The van der Waals surface area contributed by atoms with E-state index in [-0.39, 0.29) is 63.5 Å². The smallest absolute Gasteiger partial charge is 0.326 e. The van der Waals surface area contributed by atoms with Crippen LogP contribution in [0.1, 0.15) is 36.9 Å². The Kier molecular flexibility index (Phi) is 16.0. The lowest BCUT2D eigenvalue weighted by Crippen LogP contribution is -2.59. The van der Waals surface area contributed by atoms with Gasteiger partial charge in [0, 0.05) is 54.9 Å². The summed E-state index contributed by atoms with van der Waals surface area (Å²) in [6.45, 7) is -0.450. The van der Waals surface area contributed by atoms with E-state index >= 15 is 0 Å². The van der Waals surface area contributed by atoms with Crippen molar-refractivity contribution in [2.45, 2.75) is 68.7 Å². The highest BCUT2D eigenvalue weighted by molar-refractivity contribution is 5.96. The number of aliphatic hydroxyl groups is 1. The molecule has 18 N–H and O–H groups in total. The van der Waals surface area contributed by atoms with Crippen LogP contribution in [0.5, 0.6) is 0 Å². The maximum atomic E-state index is 14.1. The summed E-state index contributed by atoms with van der Waals surface area (Å²) in [6, 6.07) is 0.747. The summed E-state index contributed by atoms with van der Waals surface area (Å²) in [5.41, 5.74) is 29.1. The van der Waals surface area contributed by atoms with E-state index < -0.39 is 66.4 Å². The molecule has 0 fully saturated rings. The number of nitrogens with one attached hydrogen (secondary N) is 6. The molecule has 0 saturated carbocycles. The number of aliphatic carboxylic acids is 1. The van der Waals surface area contributed by atoms with Gasteiger partial charge in [0.15, 0.2) is 11.9 Å². The fourth-order valence-electron chi connectivity index (χ4n) is 5.27. The van der Waals surface area contributed by atoms with E-state index in [1.165, 1.54) is 12.5 Å². The van der Waals surface area contributed by atoms with Gasteiger partial charge in [-0.05, 0) is 37.3 Å². The normalized spacial score (nSPS) is 13.8. The number of carbonyl (C=O) groups is 5. The van der Waals surface area contributed by atoms with E-state index in [1.807, 2.05) is 18.2 Å². The van der Waals surface area contributed by atoms with Crippen LogP contribution in [0.2, 0.25) is 0 Å². The monoisotopic (exact) mass is 740 g/mol. The summed E-state index contributed by atoms with van der Waals surface area (Å²) < 4.78 is 0. The molecule has 0 aliphatic heterocycles. The van der Waals surface area contributed by atoms with Crippen LogP contribution in [-0.2, 0) is 36.8 Å². The molecular formula is C32H48N14O7. The number of guanidine groups is 2. The summed E-state index contributed by atoms with van der Waals surface area (Å²) in [6.07, 6.45) is 4.79. The maximum absolute atomic E-state index is 14.1. The fraction of sp³-hybridized carbons (Fsp3) is 0.438. The number of fused-ring (bicyclic) bond motifs is 1. The van der Waals surface area contributed by atoms with Crippen LogP contribution in [0.3, 0.4) is 0 Å². The molecule has 1 aromatic carbocycles. The van der Waals surface area contributed by atoms with Gasteiger partial charge in [-0.25, -0.2) is 9.78 Å². The molecule has 2 heterocycles. The number of carboxylic acid groups (broad SMARTS) is 1. The third kappa shape index (κ3) is 13.4. The van der Waals surface area contributed by atoms with E-state index in [1.54, 1.807) is 12.3 Å². The fourth-order valence-corrected chi connectivity index (χ4v) is 5.27. The highest BCUT2D eigenvalue weighted by Gasteiger charge is 2.32. The number of para-hydroxylation sites is 1. The minimum Gasteiger partial charge on any atom is -0.480 e. The quantitative estimate of drug-likeness (QED) is 0.0267. The molecule has 0 radical (unpaired) electrons. The molecule has 5 unspecified atom stereocenters. The first-order chi connectivity index (χ1) is 25.3. The first kappa shape index (κ1) is 41.2. The van der Waals surface area contributed by atoms with Crippen LogP contribution in [0.4, 0.5) is 0 Å². The van der Waals surface area contributed by atoms with Gasteiger partial charge in [0.25, 0.3) is 0 Å². The van der Waals surface area contributed by atoms with Crippen LogP contribution in [0.25, 0.3) is 10.9 Å². The number of carbonyl (C=O) groups excluding carboxylic acids is 4. The number of rotatable bonds is 22. The molecule has 3 aromatic rings. The number of aromatic amines is 2. The number of benzene rings is 1. The Morgan fingerprint density at radius 2 is 1.30 bits per heavy atom. The number of aliphatic imine (C=N–C) groups is 2. The number of aromatic nitrogens is 3. The maximum Gasteiger partial charge on any atom is 0.326 e. The molecule has 0 bridgehead atoms. The molecule has 0 spiro atoms. The van der Waals surface area contributed by atoms with Gasteiger partial charge in [-0.2, -0.15) is 0 Å². The minimum absolute atomic E-state index is 0.0139. The highest BCUT2D eigenvalue weighted by atomic mass is 16.4. The predicted octanol–water partition coefficient (Wildman–Crippen LogP) is -3.87. The summed E-state index contributed by atoms with van der Waals surface area (Å²) >= 11 is 0. The lowest BCUT2D eigenvalue weighted by Gasteiger charge is -2.26. The Balaban J connectivity index is 1.91. The van der Waals surface area contributed by atoms with Crippen molar-refractivity contribution in [2.75, 3.05) is 19.7 Å². The molecule has 21 heteroatoms. The van der Waals surface area contributed by atoms with E-state index in [4.69, 9.17) is 28.7 Å². The third-order valence-corrected chi connectivity index (χ3v) is 8.02. The Morgan fingerprint density at radius 1 is 0.755 bits per heavy atom. The second-order valence-electron chi connectivity index (χ2n) is 12.1. The van der Waals surface area contributed by atoms with Crippen molar-refractivity contribution < 1.29 is 34.2 Å². The van der Waals surface area contributed by atoms with Gasteiger partial charge in [-0.15, -0.1) is 0 Å². The van der Waals surface area contributed by atoms with Gasteiger partial charge in [0.2, 0.25) is 23.6 Å². The van der Waals surface area contributed by atoms with Crippen molar-refractivity contribution in [3.63, 3.8) is 0 Å². The topological polar surface area (TPSA) is 373 Å². The van der Waals surface area contributed by atoms with Gasteiger partial charge in [-0.3, -0.25) is 29.2 Å². The summed E-state index contributed by atoms with van der Waals surface area (Å²) in [7, 11) is 0. The number of carboxylic acids is 1. The highest BCUT2D eigenvalue weighted by Crippen LogP contribution is 2.19. The van der Waals surface area contributed by atoms with Crippen molar-refractivity contribution in [1.82, 2.24) is 36.2 Å². The molecular weight excluding hydrogens is 692 g/mol. The SMILES string of the molecule is NC(N)=NCCCC(NC(=O)C(CCCN=C(N)N)NC(=O)C(Cc1c[nH]c2ccccc12)NC(=O)C(Cc1cnc[nH]1)NC(=O)C(N)CO)C(=O)O. The van der Waals surface area contributed by atoms with E-state index in [2.05, 4.69) is 46.2 Å². The number of nitrogens with zero attached hydrogens (tertiary/aromatic N) is 3. The number of hydrogen-bond acceptors (Lipinski definition) is 10. The number of imidazole rings is 1. The van der Waals surface area contributed by atoms with Gasteiger partial charge < -0.3 is 70.1 Å². The van der Waals surface area contributed by atoms with Crippen LogP contribution in [-0.4, -0.2) is 117 Å². The van der Waals surface area contributed by atoms with Crippen LogP contribution >= 0.6 is 0 Å². The standard InChI is InChI=1S/C32H48N14O7/c33-20(15-47)26(48)45-25(12-18-14-38-16-42-18)29(51)46-24(11-17-13-41-21-6-2-1-5-19(17)21)28(50)43-22(7-3-9-39-31(34)35)27(49)44-23(30(52)53)8-4-10-40-32(36)37/h1-2,5-6,13-14,16,20,22-25,41,47H,3-4,7-12,15,33H2,(H,38,42)(H,43,50)(H,44,49)(H,45,48)(H,46,51)(H,52,53)(H4,34,35,39)(H4,36,37,40). The number of H-pyrrole nitrogens is 2. The third-order valence-electron chi connectivity index (χ3n) is 8.02. The zero-order valence-corrected chi connectivity index (χ0v) is 29.0. The first-order valence-corrected chi connectivity index (χ1v) is 16.7. The van der Waals surface area contributed by atoms with Crippen molar-refractivity contribution >= 4 is 52.4 Å². The summed E-state index contributed by atoms with van der Waals surface area (Å²) in [5.74, 6) is -4.85. The molecule has 0 saturated heterocycles. The van der Waals surface area contributed by atoms with E-state index in [0.717, 1.165) is 10.9 Å². The number of aliphatic hydroxyl groups excluding tert-OH is 1. The van der Waals surface area contributed by atoms with Gasteiger partial charge >= 0.3 is 5.97 Å². The lowest BCUT2D eigenvalue weighted by molar-refractivity contribution is -0.142. The second kappa shape index (κ2) is 20.6. The number of amides is 4. The van der Waals surface area contributed by atoms with Gasteiger partial charge in [-0.1, -0.05) is 18.2 Å². The van der Waals surface area contributed by atoms with Crippen molar-refractivity contribution in [3.05, 3.63) is 54.2 Å². The van der Waals surface area contributed by atoms with Crippen LogP contribution < -0.4 is 49.9 Å². The average molecular weight is 741 g/mol. The molecule has 3 rings (SSSR count). The number of nitrogens with two attached hydrogens (primary N) is 5. The second-order valence-corrected chi connectivity index (χ2v) is 12.1. The molecule has 21 nitrogen and oxygen atoms in total. The predicted molar refractivity (Wildman–Crippen MR) is 195 cm³/mol. The van der Waals surface area contributed by atoms with Crippen molar-refractivity contribution in [2.24, 2.45) is 38.7 Å². The summed E-state index contributed by atoms with van der Waals surface area (Å²) in [4.78, 5) is 83.9. The Morgan fingerprint density at radius 3 is 1.89 bits per heavy atom. The van der Waals surface area contributed by atoms with Gasteiger partial charge in [0.05, 0.1) is 12.9 Å². The van der Waals surface area contributed by atoms with E-state index in [0.29, 0.717) is 11.3 Å². The molecule has 4 amide bonds. The Bertz CT molecular complexity index is 1730.